The molecule has 1 amide bonds. The van der Waals surface area contributed by atoms with Gasteiger partial charge in [-0.05, 0) is 26.3 Å². The number of ether oxygens (including phenoxy) is 1. The largest absolute Gasteiger partial charge is 0.493 e. The summed E-state index contributed by atoms with van der Waals surface area (Å²) in [6, 6.07) is 7.84. The molecule has 1 fully saturated rings. The van der Waals surface area contributed by atoms with Crippen molar-refractivity contribution in [1.82, 2.24) is 10.2 Å². The zero-order valence-electron chi connectivity index (χ0n) is 12.9. The molecular weight excluding hydrogens is 266 g/mol. The molecule has 0 aromatic heterocycles. The number of piperazine rings is 1. The molecular formula is C16H25N3O2. The maximum absolute atomic E-state index is 11.9. The number of carbonyl (C=O) groups excluding carboxylic acids is 1. The summed E-state index contributed by atoms with van der Waals surface area (Å²) in [6.07, 6.45) is 0.885. The molecule has 1 aliphatic rings. The summed E-state index contributed by atoms with van der Waals surface area (Å²) >= 11 is 0. The van der Waals surface area contributed by atoms with Gasteiger partial charge < -0.3 is 15.8 Å². The Balaban J connectivity index is 1.80. The molecule has 1 saturated heterocycles. The number of rotatable bonds is 6. The predicted octanol–water partition coefficient (Wildman–Crippen LogP) is 1.12. The first kappa shape index (κ1) is 15.8. The van der Waals surface area contributed by atoms with Gasteiger partial charge in [-0.3, -0.25) is 9.69 Å². The molecule has 0 unspecified atom stereocenters. The summed E-state index contributed by atoms with van der Waals surface area (Å²) in [5, 5.41) is 2.91. The second-order valence-electron chi connectivity index (χ2n) is 5.82. The lowest BCUT2D eigenvalue weighted by Gasteiger charge is -2.41. The van der Waals surface area contributed by atoms with E-state index in [-0.39, 0.29) is 5.91 Å². The molecule has 0 atom stereocenters. The maximum atomic E-state index is 11.9. The van der Waals surface area contributed by atoms with Crippen LogP contribution in [0.3, 0.4) is 0 Å². The van der Waals surface area contributed by atoms with Gasteiger partial charge in [0, 0.05) is 31.7 Å². The Morgan fingerprint density at radius 2 is 2.14 bits per heavy atom. The van der Waals surface area contributed by atoms with Crippen molar-refractivity contribution in [2.24, 2.45) is 5.73 Å². The molecule has 0 bridgehead atoms. The third kappa shape index (κ3) is 3.74. The fraction of sp³-hybridized carbons (Fsp3) is 0.562. The van der Waals surface area contributed by atoms with Crippen molar-refractivity contribution in [3.63, 3.8) is 0 Å². The van der Waals surface area contributed by atoms with Gasteiger partial charge in [0.1, 0.15) is 5.75 Å². The molecule has 1 aliphatic heterocycles. The minimum Gasteiger partial charge on any atom is -0.493 e. The molecule has 5 nitrogen and oxygen atoms in total. The van der Waals surface area contributed by atoms with Crippen LogP contribution in [0.5, 0.6) is 5.75 Å². The van der Waals surface area contributed by atoms with Crippen LogP contribution in [0.4, 0.5) is 0 Å². The SMILES string of the molecule is CC1(C)C(=O)NCCN1CCCOc1ccccc1CN. The number of benzene rings is 1. The second-order valence-corrected chi connectivity index (χ2v) is 5.82. The van der Waals surface area contributed by atoms with Crippen LogP contribution in [0.15, 0.2) is 24.3 Å². The highest BCUT2D eigenvalue weighted by Gasteiger charge is 2.36. The molecule has 5 heteroatoms. The molecule has 0 radical (unpaired) electrons. The Morgan fingerprint density at radius 1 is 1.38 bits per heavy atom. The van der Waals surface area contributed by atoms with Gasteiger partial charge in [0.05, 0.1) is 12.1 Å². The van der Waals surface area contributed by atoms with Crippen LogP contribution < -0.4 is 15.8 Å². The van der Waals surface area contributed by atoms with Crippen molar-refractivity contribution in [3.05, 3.63) is 29.8 Å². The minimum absolute atomic E-state index is 0.100. The summed E-state index contributed by atoms with van der Waals surface area (Å²) in [6.45, 7) is 7.50. The monoisotopic (exact) mass is 291 g/mol. The van der Waals surface area contributed by atoms with Crippen LogP contribution in [0, 0.1) is 0 Å². The van der Waals surface area contributed by atoms with Crippen LogP contribution in [0.2, 0.25) is 0 Å². The number of hydrogen-bond acceptors (Lipinski definition) is 4. The lowest BCUT2D eigenvalue weighted by atomic mass is 9.99. The number of amides is 1. The number of nitrogens with two attached hydrogens (primary N) is 1. The van der Waals surface area contributed by atoms with Gasteiger partial charge in [-0.15, -0.1) is 0 Å². The Morgan fingerprint density at radius 3 is 2.90 bits per heavy atom. The fourth-order valence-corrected chi connectivity index (χ4v) is 2.59. The van der Waals surface area contributed by atoms with Crippen molar-refractivity contribution in [3.8, 4) is 5.75 Å². The molecule has 116 valence electrons. The maximum Gasteiger partial charge on any atom is 0.239 e. The van der Waals surface area contributed by atoms with E-state index in [1.54, 1.807) is 0 Å². The molecule has 3 N–H and O–H groups in total. The molecule has 0 aliphatic carbocycles. The third-order valence-corrected chi connectivity index (χ3v) is 4.04. The summed E-state index contributed by atoms with van der Waals surface area (Å²) in [5.41, 5.74) is 6.28. The highest BCUT2D eigenvalue weighted by molar-refractivity contribution is 5.86. The van der Waals surface area contributed by atoms with Crippen LogP contribution >= 0.6 is 0 Å². The van der Waals surface area contributed by atoms with E-state index in [1.807, 2.05) is 38.1 Å². The zero-order chi connectivity index (χ0) is 15.3. The van der Waals surface area contributed by atoms with Crippen molar-refractivity contribution >= 4 is 5.91 Å². The van der Waals surface area contributed by atoms with E-state index in [0.717, 1.165) is 37.4 Å². The van der Waals surface area contributed by atoms with Crippen LogP contribution in [-0.2, 0) is 11.3 Å². The van der Waals surface area contributed by atoms with E-state index in [0.29, 0.717) is 13.2 Å². The molecule has 21 heavy (non-hydrogen) atoms. The lowest BCUT2D eigenvalue weighted by Crippen LogP contribution is -2.61. The number of carbonyl (C=O) groups is 1. The molecule has 1 aromatic carbocycles. The molecule has 0 saturated carbocycles. The summed E-state index contributed by atoms with van der Waals surface area (Å²) in [4.78, 5) is 14.1. The summed E-state index contributed by atoms with van der Waals surface area (Å²) < 4.78 is 5.81. The molecule has 1 heterocycles. The van der Waals surface area contributed by atoms with E-state index in [9.17, 15) is 4.79 Å². The highest BCUT2D eigenvalue weighted by Crippen LogP contribution is 2.19. The smallest absolute Gasteiger partial charge is 0.239 e. The predicted molar refractivity (Wildman–Crippen MR) is 83.1 cm³/mol. The Bertz CT molecular complexity index is 488. The number of nitrogens with zero attached hydrogens (tertiary/aromatic N) is 1. The quantitative estimate of drug-likeness (QED) is 0.771. The van der Waals surface area contributed by atoms with Gasteiger partial charge in [-0.1, -0.05) is 18.2 Å². The Hall–Kier alpha value is -1.59. The lowest BCUT2D eigenvalue weighted by molar-refractivity contribution is -0.135. The first-order chi connectivity index (χ1) is 10.1. The van der Waals surface area contributed by atoms with Crippen molar-refractivity contribution < 1.29 is 9.53 Å². The Labute approximate surface area is 126 Å². The van der Waals surface area contributed by atoms with E-state index >= 15 is 0 Å². The highest BCUT2D eigenvalue weighted by atomic mass is 16.5. The van der Waals surface area contributed by atoms with E-state index in [4.69, 9.17) is 10.5 Å². The molecule has 2 rings (SSSR count). The number of nitrogens with one attached hydrogen (secondary N) is 1. The minimum atomic E-state index is -0.437. The molecule has 1 aromatic rings. The van der Waals surface area contributed by atoms with Crippen LogP contribution in [0.1, 0.15) is 25.8 Å². The summed E-state index contributed by atoms with van der Waals surface area (Å²) in [5.74, 6) is 0.957. The van der Waals surface area contributed by atoms with Gasteiger partial charge >= 0.3 is 0 Å². The van der Waals surface area contributed by atoms with Gasteiger partial charge in [-0.2, -0.15) is 0 Å². The van der Waals surface area contributed by atoms with Gasteiger partial charge in [0.25, 0.3) is 0 Å². The number of hydrogen-bond donors (Lipinski definition) is 2. The van der Waals surface area contributed by atoms with Gasteiger partial charge in [0.15, 0.2) is 0 Å². The normalized spacial score (nSPS) is 18.3. The third-order valence-electron chi connectivity index (χ3n) is 4.04. The molecule has 0 spiro atoms. The Kier molecular flexibility index (Phi) is 5.20. The van der Waals surface area contributed by atoms with Crippen LogP contribution in [-0.4, -0.2) is 42.6 Å². The van der Waals surface area contributed by atoms with Crippen molar-refractivity contribution in [2.45, 2.75) is 32.4 Å². The van der Waals surface area contributed by atoms with E-state index < -0.39 is 5.54 Å². The summed E-state index contributed by atoms with van der Waals surface area (Å²) in [7, 11) is 0. The van der Waals surface area contributed by atoms with Crippen LogP contribution in [0.25, 0.3) is 0 Å². The zero-order valence-corrected chi connectivity index (χ0v) is 12.9. The van der Waals surface area contributed by atoms with E-state index in [1.165, 1.54) is 0 Å². The fourth-order valence-electron chi connectivity index (χ4n) is 2.59. The first-order valence-electron chi connectivity index (χ1n) is 7.50. The topological polar surface area (TPSA) is 67.6 Å². The van der Waals surface area contributed by atoms with Crippen molar-refractivity contribution in [1.29, 1.82) is 0 Å². The van der Waals surface area contributed by atoms with Gasteiger partial charge in [-0.25, -0.2) is 0 Å². The first-order valence-corrected chi connectivity index (χ1v) is 7.50. The average Bonchev–Trinajstić information content (AvgIpc) is 2.48. The standard InChI is InChI=1S/C16H25N3O2/c1-16(2)15(20)18-8-10-19(16)9-5-11-21-14-7-4-3-6-13(14)12-17/h3-4,6-7H,5,8-12,17H2,1-2H3,(H,18,20). The van der Waals surface area contributed by atoms with E-state index in [2.05, 4.69) is 10.2 Å². The average molecular weight is 291 g/mol. The number of para-hydroxylation sites is 1. The van der Waals surface area contributed by atoms with Crippen molar-refractivity contribution in [2.75, 3.05) is 26.2 Å². The van der Waals surface area contributed by atoms with Gasteiger partial charge in [0.2, 0.25) is 5.91 Å². The second kappa shape index (κ2) is 6.91.